The molecule has 1 aliphatic carbocycles. The first-order valence-electron chi connectivity index (χ1n) is 8.61. The molecule has 2 aliphatic rings. The van der Waals surface area contributed by atoms with Crippen molar-refractivity contribution >= 4 is 11.5 Å². The van der Waals surface area contributed by atoms with Crippen molar-refractivity contribution in [2.45, 2.75) is 38.6 Å². The Morgan fingerprint density at radius 2 is 1.70 bits per heavy atom. The third-order valence-electron chi connectivity index (χ3n) is 5.11. The van der Waals surface area contributed by atoms with Gasteiger partial charge in [0.05, 0.1) is 0 Å². The summed E-state index contributed by atoms with van der Waals surface area (Å²) in [6.07, 6.45) is 7.01. The van der Waals surface area contributed by atoms with Gasteiger partial charge < -0.3 is 4.90 Å². The van der Waals surface area contributed by atoms with Gasteiger partial charge in [0, 0.05) is 38.3 Å². The van der Waals surface area contributed by atoms with E-state index >= 15 is 0 Å². The highest BCUT2D eigenvalue weighted by Crippen LogP contribution is 2.24. The molecule has 3 rings (SSSR count). The maximum Gasteiger partial charge on any atom is 0.246 e. The number of rotatable bonds is 3. The van der Waals surface area contributed by atoms with E-state index in [0.29, 0.717) is 0 Å². The zero-order chi connectivity index (χ0) is 16.2. The molecule has 0 radical (unpaired) electrons. The second-order valence-electron chi connectivity index (χ2n) is 6.63. The number of hydrogen-bond donors (Lipinski definition) is 0. The Hall–Kier alpha value is -1.68. The lowest BCUT2D eigenvalue weighted by Gasteiger charge is -2.37. The average Bonchev–Trinajstić information content (AvgIpc) is 3.10. The van der Waals surface area contributed by atoms with Crippen molar-refractivity contribution in [2.24, 2.45) is 0 Å². The molecule has 0 unspecified atom stereocenters. The van der Waals surface area contributed by atoms with Crippen LogP contribution < -0.4 is 0 Å². The van der Waals surface area contributed by atoms with Crippen molar-refractivity contribution < 1.29 is 9.18 Å². The molecule has 1 aromatic carbocycles. The smallest absolute Gasteiger partial charge is 0.246 e. The van der Waals surface area contributed by atoms with Gasteiger partial charge in [0.15, 0.2) is 0 Å². The molecule has 1 aromatic rings. The van der Waals surface area contributed by atoms with Crippen molar-refractivity contribution in [2.75, 3.05) is 26.2 Å². The van der Waals surface area contributed by atoms with E-state index in [2.05, 4.69) is 4.90 Å². The molecule has 1 aliphatic heterocycles. The summed E-state index contributed by atoms with van der Waals surface area (Å²) in [5.74, 6) is -0.186. The highest BCUT2D eigenvalue weighted by Gasteiger charge is 2.27. The van der Waals surface area contributed by atoms with Crippen LogP contribution >= 0.6 is 0 Å². The molecule has 1 saturated carbocycles. The SMILES string of the molecule is C/C(=C\C(=O)N1CCN(C2CCCC2)CC1)c1ccc(F)cc1. The van der Waals surface area contributed by atoms with E-state index in [0.717, 1.165) is 43.4 Å². The number of nitrogens with zero attached hydrogens (tertiary/aromatic N) is 2. The fourth-order valence-corrected chi connectivity index (χ4v) is 3.65. The first-order chi connectivity index (χ1) is 11.1. The first-order valence-corrected chi connectivity index (χ1v) is 8.61. The second kappa shape index (κ2) is 7.26. The van der Waals surface area contributed by atoms with Crippen molar-refractivity contribution in [3.05, 3.63) is 41.7 Å². The molecule has 124 valence electrons. The quantitative estimate of drug-likeness (QED) is 0.799. The Balaban J connectivity index is 1.56. The minimum absolute atomic E-state index is 0.0675. The molecule has 2 fully saturated rings. The fourth-order valence-electron chi connectivity index (χ4n) is 3.65. The Morgan fingerprint density at radius 3 is 2.30 bits per heavy atom. The van der Waals surface area contributed by atoms with Gasteiger partial charge in [-0.15, -0.1) is 0 Å². The monoisotopic (exact) mass is 316 g/mol. The Labute approximate surface area is 137 Å². The number of allylic oxidation sites excluding steroid dienone is 1. The van der Waals surface area contributed by atoms with Gasteiger partial charge in [-0.3, -0.25) is 9.69 Å². The molecule has 1 heterocycles. The number of halogens is 1. The van der Waals surface area contributed by atoms with Crippen molar-refractivity contribution in [1.29, 1.82) is 0 Å². The van der Waals surface area contributed by atoms with E-state index in [9.17, 15) is 9.18 Å². The van der Waals surface area contributed by atoms with E-state index in [1.807, 2.05) is 11.8 Å². The summed E-state index contributed by atoms with van der Waals surface area (Å²) < 4.78 is 13.0. The molecular weight excluding hydrogens is 291 g/mol. The van der Waals surface area contributed by atoms with E-state index < -0.39 is 0 Å². The van der Waals surface area contributed by atoms with E-state index in [-0.39, 0.29) is 11.7 Å². The Morgan fingerprint density at radius 1 is 1.09 bits per heavy atom. The van der Waals surface area contributed by atoms with Crippen LogP contribution in [0.5, 0.6) is 0 Å². The van der Waals surface area contributed by atoms with Crippen LogP contribution in [0.4, 0.5) is 4.39 Å². The van der Waals surface area contributed by atoms with Gasteiger partial charge in [-0.05, 0) is 43.0 Å². The summed E-state index contributed by atoms with van der Waals surface area (Å²) in [6.45, 7) is 5.49. The molecule has 1 amide bonds. The van der Waals surface area contributed by atoms with Crippen LogP contribution in [0.1, 0.15) is 38.2 Å². The van der Waals surface area contributed by atoms with Gasteiger partial charge >= 0.3 is 0 Å². The Kier molecular flexibility index (Phi) is 5.11. The van der Waals surface area contributed by atoms with Gasteiger partial charge in [0.25, 0.3) is 0 Å². The zero-order valence-corrected chi connectivity index (χ0v) is 13.8. The molecule has 3 nitrogen and oxygen atoms in total. The van der Waals surface area contributed by atoms with Gasteiger partial charge in [0.2, 0.25) is 5.91 Å². The van der Waals surface area contributed by atoms with Gasteiger partial charge in [-0.25, -0.2) is 4.39 Å². The maximum atomic E-state index is 13.0. The highest BCUT2D eigenvalue weighted by molar-refractivity contribution is 5.94. The van der Waals surface area contributed by atoms with Gasteiger partial charge in [-0.1, -0.05) is 25.0 Å². The van der Waals surface area contributed by atoms with Gasteiger partial charge in [-0.2, -0.15) is 0 Å². The third-order valence-corrected chi connectivity index (χ3v) is 5.11. The van der Waals surface area contributed by atoms with Crippen LogP contribution in [0.25, 0.3) is 5.57 Å². The van der Waals surface area contributed by atoms with Crippen LogP contribution in [0.15, 0.2) is 30.3 Å². The van der Waals surface area contributed by atoms with E-state index in [4.69, 9.17) is 0 Å². The predicted molar refractivity (Wildman–Crippen MR) is 90.5 cm³/mol. The molecule has 1 saturated heterocycles. The molecule has 0 N–H and O–H groups in total. The average molecular weight is 316 g/mol. The van der Waals surface area contributed by atoms with Crippen molar-refractivity contribution in [3.63, 3.8) is 0 Å². The van der Waals surface area contributed by atoms with E-state index in [1.54, 1.807) is 18.2 Å². The minimum atomic E-state index is -0.254. The molecule has 0 aromatic heterocycles. The molecule has 23 heavy (non-hydrogen) atoms. The third kappa shape index (κ3) is 3.99. The number of benzene rings is 1. The van der Waals surface area contributed by atoms with E-state index in [1.165, 1.54) is 37.8 Å². The molecule has 4 heteroatoms. The van der Waals surface area contributed by atoms with Crippen LogP contribution in [0, 0.1) is 5.82 Å². The second-order valence-corrected chi connectivity index (χ2v) is 6.63. The summed E-state index contributed by atoms with van der Waals surface area (Å²) in [5.41, 5.74) is 1.78. The number of amides is 1. The molecule has 0 bridgehead atoms. The summed E-state index contributed by atoms with van der Waals surface area (Å²) >= 11 is 0. The lowest BCUT2D eigenvalue weighted by molar-refractivity contribution is -0.128. The predicted octanol–water partition coefficient (Wildman–Crippen LogP) is 3.32. The minimum Gasteiger partial charge on any atom is -0.337 e. The number of piperazine rings is 1. The van der Waals surface area contributed by atoms with Crippen molar-refractivity contribution in [3.8, 4) is 0 Å². The van der Waals surface area contributed by atoms with Crippen LogP contribution in [-0.2, 0) is 4.79 Å². The standard InChI is InChI=1S/C19H25FN2O/c1-15(16-6-8-17(20)9-7-16)14-19(23)22-12-10-21(11-13-22)18-4-2-3-5-18/h6-9,14,18H,2-5,10-13H2,1H3/b15-14+. The highest BCUT2D eigenvalue weighted by atomic mass is 19.1. The van der Waals surface area contributed by atoms with Crippen LogP contribution in [-0.4, -0.2) is 47.9 Å². The largest absolute Gasteiger partial charge is 0.337 e. The Bertz CT molecular complexity index is 568. The lowest BCUT2D eigenvalue weighted by Crippen LogP contribution is -2.51. The summed E-state index contributed by atoms with van der Waals surface area (Å²) in [6, 6.07) is 7.03. The lowest BCUT2D eigenvalue weighted by atomic mass is 10.1. The summed E-state index contributed by atoms with van der Waals surface area (Å²) in [5, 5.41) is 0. The normalized spacial score (nSPS) is 21.0. The van der Waals surface area contributed by atoms with Crippen LogP contribution in [0.3, 0.4) is 0 Å². The van der Waals surface area contributed by atoms with Gasteiger partial charge in [0.1, 0.15) is 5.82 Å². The zero-order valence-electron chi connectivity index (χ0n) is 13.8. The van der Waals surface area contributed by atoms with Crippen molar-refractivity contribution in [1.82, 2.24) is 9.80 Å². The number of hydrogen-bond acceptors (Lipinski definition) is 2. The maximum absolute atomic E-state index is 13.0. The number of carbonyl (C=O) groups excluding carboxylic acids is 1. The topological polar surface area (TPSA) is 23.6 Å². The molecule has 0 atom stereocenters. The summed E-state index contributed by atoms with van der Waals surface area (Å²) in [4.78, 5) is 16.9. The first kappa shape index (κ1) is 16.2. The fraction of sp³-hybridized carbons (Fsp3) is 0.526. The molecular formula is C19H25FN2O. The number of carbonyl (C=O) groups is 1. The van der Waals surface area contributed by atoms with Crippen LogP contribution in [0.2, 0.25) is 0 Å². The molecule has 0 spiro atoms. The summed E-state index contributed by atoms with van der Waals surface area (Å²) in [7, 11) is 0.